The third-order valence-corrected chi connectivity index (χ3v) is 8.64. The van der Waals surface area contributed by atoms with Crippen LogP contribution in [0.15, 0.2) is 148 Å². The van der Waals surface area contributed by atoms with Crippen LogP contribution in [-0.2, 0) is 0 Å². The third kappa shape index (κ3) is 4.77. The molecule has 0 aliphatic heterocycles. The van der Waals surface area contributed by atoms with Crippen LogP contribution in [0.1, 0.15) is 0 Å². The van der Waals surface area contributed by atoms with Gasteiger partial charge in [-0.25, -0.2) is 4.98 Å². The molecule has 1 aromatic heterocycles. The van der Waals surface area contributed by atoms with E-state index in [-0.39, 0.29) is 0 Å². The van der Waals surface area contributed by atoms with Crippen LogP contribution in [-0.4, -0.2) is 4.98 Å². The van der Waals surface area contributed by atoms with E-state index in [1.54, 1.807) is 0 Å². The first-order valence-electron chi connectivity index (χ1n) is 13.2. The molecule has 0 unspecified atom stereocenters. The first-order chi connectivity index (χ1) is 19.6. The van der Waals surface area contributed by atoms with Crippen molar-refractivity contribution in [3.05, 3.63) is 148 Å². The fraction of sp³-hybridized carbons (Fsp3) is 0. The van der Waals surface area contributed by atoms with Crippen LogP contribution in [0.2, 0.25) is 0 Å². The second kappa shape index (κ2) is 10.5. The van der Waals surface area contributed by atoms with Gasteiger partial charge in [-0.15, -0.1) is 0 Å². The number of nitrogens with zero attached hydrogens (tertiary/aromatic N) is 1. The maximum absolute atomic E-state index is 5.10. The van der Waals surface area contributed by atoms with E-state index in [1.807, 2.05) is 12.1 Å². The number of fused-ring (bicyclic) bond motifs is 2. The molecule has 190 valence electrons. The molecule has 0 spiro atoms. The van der Waals surface area contributed by atoms with Crippen molar-refractivity contribution in [1.82, 2.24) is 4.98 Å². The van der Waals surface area contributed by atoms with E-state index < -0.39 is 0 Å². The summed E-state index contributed by atoms with van der Waals surface area (Å²) in [6.07, 6.45) is 0. The van der Waals surface area contributed by atoms with Gasteiger partial charge in [0.05, 0.1) is 11.0 Å². The van der Waals surface area contributed by atoms with Gasteiger partial charge in [0.15, 0.2) is 0 Å². The van der Waals surface area contributed by atoms with Crippen LogP contribution in [0.4, 0.5) is 0 Å². The van der Waals surface area contributed by atoms with Gasteiger partial charge < -0.3 is 0 Å². The molecule has 0 N–H and O–H groups in total. The van der Waals surface area contributed by atoms with Gasteiger partial charge in [0.25, 0.3) is 0 Å². The zero-order chi connectivity index (χ0) is 27.1. The second-order valence-corrected chi connectivity index (χ2v) is 11.6. The normalized spacial score (nSPS) is 11.2. The Hall–Kier alpha value is -4.05. The van der Waals surface area contributed by atoms with E-state index in [2.05, 4.69) is 159 Å². The summed E-state index contributed by atoms with van der Waals surface area (Å²) in [5.74, 6) is 0. The lowest BCUT2D eigenvalue weighted by Crippen LogP contribution is -1.89. The van der Waals surface area contributed by atoms with Gasteiger partial charge in [-0.3, -0.25) is 0 Å². The zero-order valence-electron chi connectivity index (χ0n) is 21.5. The molecule has 1 heterocycles. The minimum Gasteiger partial charge on any atom is -0.247 e. The number of hydrogen-bond donors (Lipinski definition) is 0. The SMILES string of the molecule is Brc1cc(-c2ccc(-c3ccccc3)cc2)cc2nc3c(Br)cc(-c4ccc(-c5ccccc5)cc4)cc3cc12. The Morgan fingerprint density at radius 3 is 1.32 bits per heavy atom. The molecule has 0 bridgehead atoms. The molecular formula is C37H23Br2N. The molecule has 7 aromatic rings. The van der Waals surface area contributed by atoms with Crippen LogP contribution in [0.5, 0.6) is 0 Å². The molecule has 40 heavy (non-hydrogen) atoms. The molecule has 0 fully saturated rings. The van der Waals surface area contributed by atoms with Crippen molar-refractivity contribution in [2.45, 2.75) is 0 Å². The molecule has 1 nitrogen and oxygen atoms in total. The number of hydrogen-bond acceptors (Lipinski definition) is 1. The fourth-order valence-corrected chi connectivity index (χ4v) is 6.40. The summed E-state index contributed by atoms with van der Waals surface area (Å²) in [5.41, 5.74) is 11.4. The fourth-order valence-electron chi connectivity index (χ4n) is 5.27. The molecule has 0 atom stereocenters. The summed E-state index contributed by atoms with van der Waals surface area (Å²) in [5, 5.41) is 2.20. The molecule has 0 saturated carbocycles. The van der Waals surface area contributed by atoms with E-state index in [0.717, 1.165) is 47.4 Å². The van der Waals surface area contributed by atoms with E-state index in [4.69, 9.17) is 4.98 Å². The van der Waals surface area contributed by atoms with Crippen molar-refractivity contribution < 1.29 is 0 Å². The molecule has 0 aliphatic carbocycles. The Labute approximate surface area is 250 Å². The van der Waals surface area contributed by atoms with Crippen molar-refractivity contribution in [2.24, 2.45) is 0 Å². The van der Waals surface area contributed by atoms with Gasteiger partial charge in [-0.1, -0.05) is 125 Å². The summed E-state index contributed by atoms with van der Waals surface area (Å²) in [4.78, 5) is 5.10. The number of aromatic nitrogens is 1. The van der Waals surface area contributed by atoms with Gasteiger partial charge in [0.2, 0.25) is 0 Å². The molecular weight excluding hydrogens is 618 g/mol. The molecule has 3 heteroatoms. The van der Waals surface area contributed by atoms with Crippen molar-refractivity contribution in [3.8, 4) is 44.5 Å². The molecule has 0 saturated heterocycles. The van der Waals surface area contributed by atoms with Crippen LogP contribution < -0.4 is 0 Å². The smallest absolute Gasteiger partial charge is 0.0852 e. The van der Waals surface area contributed by atoms with Crippen LogP contribution in [0.25, 0.3) is 66.3 Å². The highest BCUT2D eigenvalue weighted by Crippen LogP contribution is 2.37. The van der Waals surface area contributed by atoms with Gasteiger partial charge in [-0.2, -0.15) is 0 Å². The Kier molecular flexibility index (Phi) is 6.55. The van der Waals surface area contributed by atoms with E-state index in [0.29, 0.717) is 0 Å². The quantitative estimate of drug-likeness (QED) is 0.174. The van der Waals surface area contributed by atoms with Crippen LogP contribution in [0, 0.1) is 0 Å². The van der Waals surface area contributed by atoms with Crippen LogP contribution >= 0.6 is 31.9 Å². The summed E-state index contributed by atoms with van der Waals surface area (Å²) in [6, 6.07) is 49.4. The van der Waals surface area contributed by atoms with Crippen molar-refractivity contribution in [2.75, 3.05) is 0 Å². The van der Waals surface area contributed by atoms with Gasteiger partial charge in [0, 0.05) is 19.7 Å². The zero-order valence-corrected chi connectivity index (χ0v) is 24.7. The van der Waals surface area contributed by atoms with Gasteiger partial charge >= 0.3 is 0 Å². The maximum Gasteiger partial charge on any atom is 0.0852 e. The average molecular weight is 641 g/mol. The number of halogens is 2. The Morgan fingerprint density at radius 2 is 0.800 bits per heavy atom. The third-order valence-electron chi connectivity index (χ3n) is 7.38. The molecule has 0 radical (unpaired) electrons. The molecule has 7 rings (SSSR count). The van der Waals surface area contributed by atoms with E-state index in [1.165, 1.54) is 27.8 Å². The summed E-state index contributed by atoms with van der Waals surface area (Å²) < 4.78 is 2.03. The number of benzene rings is 6. The lowest BCUT2D eigenvalue weighted by Gasteiger charge is -2.11. The van der Waals surface area contributed by atoms with E-state index in [9.17, 15) is 0 Å². The molecule has 0 aliphatic rings. The highest BCUT2D eigenvalue weighted by Gasteiger charge is 2.12. The Bertz CT molecular complexity index is 1830. The second-order valence-electron chi connectivity index (χ2n) is 9.93. The van der Waals surface area contributed by atoms with Crippen molar-refractivity contribution >= 4 is 53.7 Å². The van der Waals surface area contributed by atoms with Crippen molar-refractivity contribution in [1.29, 1.82) is 0 Å². The lowest BCUT2D eigenvalue weighted by molar-refractivity contribution is 1.47. The van der Waals surface area contributed by atoms with Gasteiger partial charge in [-0.05, 0) is 90.8 Å². The topological polar surface area (TPSA) is 12.9 Å². The Morgan fingerprint density at radius 1 is 0.375 bits per heavy atom. The summed E-state index contributed by atoms with van der Waals surface area (Å²) in [7, 11) is 0. The van der Waals surface area contributed by atoms with E-state index >= 15 is 0 Å². The summed E-state index contributed by atoms with van der Waals surface area (Å²) >= 11 is 7.66. The van der Waals surface area contributed by atoms with Gasteiger partial charge in [0.1, 0.15) is 0 Å². The predicted octanol–water partition coefficient (Wildman–Crippen LogP) is 11.6. The van der Waals surface area contributed by atoms with Crippen LogP contribution in [0.3, 0.4) is 0 Å². The lowest BCUT2D eigenvalue weighted by atomic mass is 9.98. The molecule has 6 aromatic carbocycles. The number of rotatable bonds is 4. The monoisotopic (exact) mass is 639 g/mol. The van der Waals surface area contributed by atoms with Crippen molar-refractivity contribution in [3.63, 3.8) is 0 Å². The first-order valence-corrected chi connectivity index (χ1v) is 14.8. The largest absolute Gasteiger partial charge is 0.247 e. The minimum absolute atomic E-state index is 0.959. The number of pyridine rings is 1. The maximum atomic E-state index is 5.10. The minimum atomic E-state index is 0.959. The Balaban J connectivity index is 1.25. The standard InChI is InChI=1S/C37H23Br2N/c38-34-21-31(29-17-13-27(14-18-29)25-9-5-2-6-10-25)23-36-33(34)20-32-19-30(22-35(39)37(32)40-36)28-15-11-26(12-16-28)24-7-3-1-4-8-24/h1-23H. The average Bonchev–Trinajstić information content (AvgIpc) is 3.01. The highest BCUT2D eigenvalue weighted by atomic mass is 79.9. The first kappa shape index (κ1) is 25.0. The predicted molar refractivity (Wildman–Crippen MR) is 176 cm³/mol. The highest BCUT2D eigenvalue weighted by molar-refractivity contribution is 9.11. The molecule has 0 amide bonds. The summed E-state index contributed by atoms with van der Waals surface area (Å²) in [6.45, 7) is 0.